The Bertz CT molecular complexity index is 615. The standard InChI is InChI=1S/C16H20N2OSi/c1-20(2,3)13-10-8-12(9-11-13)16(19)18-15-7-5-4-6-14(15)17/h4-11H,17H2,1-3H3,(H,18,19). The van der Waals surface area contributed by atoms with Crippen LogP contribution in [0.3, 0.4) is 0 Å². The van der Waals surface area contributed by atoms with Crippen LogP contribution < -0.4 is 16.2 Å². The van der Waals surface area contributed by atoms with Gasteiger partial charge in [0.05, 0.1) is 19.4 Å². The summed E-state index contributed by atoms with van der Waals surface area (Å²) in [6, 6.07) is 15.1. The number of carbonyl (C=O) groups is 1. The molecule has 0 fully saturated rings. The molecule has 104 valence electrons. The van der Waals surface area contributed by atoms with Gasteiger partial charge >= 0.3 is 0 Å². The van der Waals surface area contributed by atoms with Crippen molar-refractivity contribution in [1.29, 1.82) is 0 Å². The first-order valence-electron chi connectivity index (χ1n) is 6.64. The molecule has 2 aromatic rings. The van der Waals surface area contributed by atoms with E-state index in [4.69, 9.17) is 5.73 Å². The molecule has 0 heterocycles. The fraction of sp³-hybridized carbons (Fsp3) is 0.188. The number of nitrogens with two attached hydrogens (primary N) is 1. The van der Waals surface area contributed by atoms with E-state index in [9.17, 15) is 4.79 Å². The van der Waals surface area contributed by atoms with Crippen molar-refractivity contribution in [2.24, 2.45) is 0 Å². The molecule has 0 spiro atoms. The van der Waals surface area contributed by atoms with Crippen molar-refractivity contribution in [3.8, 4) is 0 Å². The summed E-state index contributed by atoms with van der Waals surface area (Å²) in [4.78, 5) is 12.2. The van der Waals surface area contributed by atoms with Gasteiger partial charge in [0.1, 0.15) is 0 Å². The zero-order valence-electron chi connectivity index (χ0n) is 12.1. The van der Waals surface area contributed by atoms with E-state index in [1.54, 1.807) is 12.1 Å². The summed E-state index contributed by atoms with van der Waals surface area (Å²) >= 11 is 0. The molecule has 1 amide bonds. The van der Waals surface area contributed by atoms with Gasteiger partial charge in [0, 0.05) is 5.56 Å². The van der Waals surface area contributed by atoms with Gasteiger partial charge in [0.15, 0.2) is 0 Å². The third-order valence-corrected chi connectivity index (χ3v) is 5.29. The molecule has 0 aliphatic rings. The van der Waals surface area contributed by atoms with E-state index in [0.29, 0.717) is 16.9 Å². The van der Waals surface area contributed by atoms with Gasteiger partial charge < -0.3 is 11.1 Å². The predicted octanol–water partition coefficient (Wildman–Crippen LogP) is 3.07. The van der Waals surface area contributed by atoms with E-state index < -0.39 is 8.07 Å². The van der Waals surface area contributed by atoms with Crippen molar-refractivity contribution in [3.05, 3.63) is 54.1 Å². The number of amides is 1. The highest BCUT2D eigenvalue weighted by molar-refractivity contribution is 6.88. The fourth-order valence-corrected chi connectivity index (χ4v) is 3.09. The molecule has 0 aromatic heterocycles. The molecule has 0 radical (unpaired) electrons. The molecule has 0 saturated heterocycles. The Hall–Kier alpha value is -2.07. The fourth-order valence-electron chi connectivity index (χ4n) is 1.93. The second-order valence-electron chi connectivity index (χ2n) is 5.87. The maximum absolute atomic E-state index is 12.2. The summed E-state index contributed by atoms with van der Waals surface area (Å²) in [7, 11) is -1.33. The van der Waals surface area contributed by atoms with Crippen molar-refractivity contribution < 1.29 is 4.79 Å². The van der Waals surface area contributed by atoms with Crippen molar-refractivity contribution in [1.82, 2.24) is 0 Å². The number of nitrogen functional groups attached to an aromatic ring is 1. The first kappa shape index (κ1) is 14.3. The molecular formula is C16H20N2OSi. The van der Waals surface area contributed by atoms with Gasteiger partial charge in [-0.2, -0.15) is 0 Å². The van der Waals surface area contributed by atoms with Crippen LogP contribution in [0.15, 0.2) is 48.5 Å². The van der Waals surface area contributed by atoms with E-state index in [1.165, 1.54) is 5.19 Å². The first-order chi connectivity index (χ1) is 9.38. The van der Waals surface area contributed by atoms with Crippen LogP contribution in [0, 0.1) is 0 Å². The molecule has 3 nitrogen and oxygen atoms in total. The van der Waals surface area contributed by atoms with E-state index in [0.717, 1.165) is 0 Å². The lowest BCUT2D eigenvalue weighted by molar-refractivity contribution is 0.102. The zero-order chi connectivity index (χ0) is 14.8. The minimum absolute atomic E-state index is 0.134. The lowest BCUT2D eigenvalue weighted by Gasteiger charge is -2.16. The molecule has 0 bridgehead atoms. The summed E-state index contributed by atoms with van der Waals surface area (Å²) in [5, 5.41) is 4.17. The van der Waals surface area contributed by atoms with Crippen molar-refractivity contribution >= 4 is 30.5 Å². The summed E-state index contributed by atoms with van der Waals surface area (Å²) in [6.07, 6.45) is 0. The lowest BCUT2D eigenvalue weighted by Crippen LogP contribution is -2.37. The molecule has 2 aromatic carbocycles. The van der Waals surface area contributed by atoms with Gasteiger partial charge in [-0.25, -0.2) is 0 Å². The molecule has 0 aliphatic carbocycles. The summed E-state index contributed by atoms with van der Waals surface area (Å²) in [5.74, 6) is -0.134. The van der Waals surface area contributed by atoms with Crippen molar-refractivity contribution in [3.63, 3.8) is 0 Å². The molecule has 0 unspecified atom stereocenters. The maximum Gasteiger partial charge on any atom is 0.255 e. The Labute approximate surface area is 120 Å². The van der Waals surface area contributed by atoms with Gasteiger partial charge in [-0.05, 0) is 24.3 Å². The summed E-state index contributed by atoms with van der Waals surface area (Å²) in [6.45, 7) is 6.85. The van der Waals surface area contributed by atoms with Crippen LogP contribution in [-0.2, 0) is 0 Å². The second kappa shape index (κ2) is 5.51. The van der Waals surface area contributed by atoms with Gasteiger partial charge in [-0.1, -0.05) is 49.1 Å². The van der Waals surface area contributed by atoms with Gasteiger partial charge in [-0.3, -0.25) is 4.79 Å². The normalized spacial score (nSPS) is 11.2. The zero-order valence-corrected chi connectivity index (χ0v) is 13.1. The molecule has 20 heavy (non-hydrogen) atoms. The van der Waals surface area contributed by atoms with Crippen LogP contribution in [0.25, 0.3) is 0 Å². The van der Waals surface area contributed by atoms with Crippen LogP contribution in [0.1, 0.15) is 10.4 Å². The molecule has 3 N–H and O–H groups in total. The number of nitrogens with one attached hydrogen (secondary N) is 1. The smallest absolute Gasteiger partial charge is 0.255 e. The number of anilines is 2. The third kappa shape index (κ3) is 3.27. The van der Waals surface area contributed by atoms with E-state index in [-0.39, 0.29) is 5.91 Å². The summed E-state index contributed by atoms with van der Waals surface area (Å²) < 4.78 is 0. The largest absolute Gasteiger partial charge is 0.397 e. The number of rotatable bonds is 3. The van der Waals surface area contributed by atoms with Crippen molar-refractivity contribution in [2.75, 3.05) is 11.1 Å². The van der Waals surface area contributed by atoms with Crippen molar-refractivity contribution in [2.45, 2.75) is 19.6 Å². The third-order valence-electron chi connectivity index (χ3n) is 3.22. The highest BCUT2D eigenvalue weighted by Gasteiger charge is 2.16. The Balaban J connectivity index is 2.16. The topological polar surface area (TPSA) is 55.1 Å². The maximum atomic E-state index is 12.2. The Morgan fingerprint density at radius 1 is 1.00 bits per heavy atom. The van der Waals surface area contributed by atoms with Crippen LogP contribution in [0.2, 0.25) is 19.6 Å². The van der Waals surface area contributed by atoms with Crippen LogP contribution in [0.4, 0.5) is 11.4 Å². The highest BCUT2D eigenvalue weighted by atomic mass is 28.3. The van der Waals surface area contributed by atoms with Gasteiger partial charge in [-0.15, -0.1) is 0 Å². The van der Waals surface area contributed by atoms with Crippen LogP contribution >= 0.6 is 0 Å². The van der Waals surface area contributed by atoms with E-state index in [2.05, 4.69) is 37.1 Å². The molecule has 2 rings (SSSR count). The number of carbonyl (C=O) groups excluding carboxylic acids is 1. The number of para-hydroxylation sites is 2. The Morgan fingerprint density at radius 3 is 2.15 bits per heavy atom. The predicted molar refractivity (Wildman–Crippen MR) is 88.2 cm³/mol. The monoisotopic (exact) mass is 284 g/mol. The molecule has 0 atom stereocenters. The Morgan fingerprint density at radius 2 is 1.60 bits per heavy atom. The van der Waals surface area contributed by atoms with Gasteiger partial charge in [0.25, 0.3) is 5.91 Å². The summed E-state index contributed by atoms with van der Waals surface area (Å²) in [5.41, 5.74) is 7.68. The quantitative estimate of drug-likeness (QED) is 0.672. The molecule has 0 saturated carbocycles. The average molecular weight is 284 g/mol. The molecular weight excluding hydrogens is 264 g/mol. The highest BCUT2D eigenvalue weighted by Crippen LogP contribution is 2.17. The minimum atomic E-state index is -1.33. The molecule has 0 aliphatic heterocycles. The molecule has 4 heteroatoms. The van der Waals surface area contributed by atoms with Gasteiger partial charge in [0.2, 0.25) is 0 Å². The minimum Gasteiger partial charge on any atom is -0.397 e. The van der Waals surface area contributed by atoms with Crippen LogP contribution in [-0.4, -0.2) is 14.0 Å². The second-order valence-corrected chi connectivity index (χ2v) is 10.9. The average Bonchev–Trinajstić information content (AvgIpc) is 2.40. The number of hydrogen-bond donors (Lipinski definition) is 2. The SMILES string of the molecule is C[Si](C)(C)c1ccc(C(=O)Nc2ccccc2N)cc1. The van der Waals surface area contributed by atoms with E-state index >= 15 is 0 Å². The van der Waals surface area contributed by atoms with E-state index in [1.807, 2.05) is 24.3 Å². The number of benzene rings is 2. The first-order valence-corrected chi connectivity index (χ1v) is 10.1. The van der Waals surface area contributed by atoms with Crippen LogP contribution in [0.5, 0.6) is 0 Å². The number of hydrogen-bond acceptors (Lipinski definition) is 2. The Kier molecular flexibility index (Phi) is 3.95. The lowest BCUT2D eigenvalue weighted by atomic mass is 10.2.